The predicted octanol–water partition coefficient (Wildman–Crippen LogP) is 1.33. The molecular weight excluding hydrogens is 190 g/mol. The van der Waals surface area contributed by atoms with Gasteiger partial charge in [-0.1, -0.05) is 0 Å². The van der Waals surface area contributed by atoms with Crippen molar-refractivity contribution < 1.29 is 9.53 Å². The van der Waals surface area contributed by atoms with E-state index in [9.17, 15) is 4.79 Å². The molecular formula is C12H19NO2. The van der Waals surface area contributed by atoms with Gasteiger partial charge in [0.05, 0.1) is 0 Å². The Morgan fingerprint density at radius 1 is 1.07 bits per heavy atom. The first-order valence-electron chi connectivity index (χ1n) is 6.21. The van der Waals surface area contributed by atoms with Crippen LogP contribution in [0, 0.1) is 17.8 Å². The lowest BCUT2D eigenvalue weighted by molar-refractivity contribution is -0.126. The molecule has 3 fully saturated rings. The van der Waals surface area contributed by atoms with Crippen LogP contribution in [0.4, 0.5) is 0 Å². The van der Waals surface area contributed by atoms with E-state index in [1.165, 1.54) is 6.42 Å². The van der Waals surface area contributed by atoms with Crippen molar-refractivity contribution in [2.24, 2.45) is 17.8 Å². The summed E-state index contributed by atoms with van der Waals surface area (Å²) in [6.07, 6.45) is 5.68. The topological polar surface area (TPSA) is 38.3 Å². The fourth-order valence-corrected chi connectivity index (χ4v) is 3.09. The van der Waals surface area contributed by atoms with E-state index in [1.807, 2.05) is 0 Å². The van der Waals surface area contributed by atoms with Crippen molar-refractivity contribution in [1.82, 2.24) is 5.32 Å². The van der Waals surface area contributed by atoms with Gasteiger partial charge in [-0.25, -0.2) is 0 Å². The second kappa shape index (κ2) is 3.78. The number of hydrogen-bond donors (Lipinski definition) is 1. The number of carbonyl (C=O) groups excluding carboxylic acids is 1. The van der Waals surface area contributed by atoms with Crippen molar-refractivity contribution in [2.75, 3.05) is 13.2 Å². The van der Waals surface area contributed by atoms with E-state index in [4.69, 9.17) is 4.74 Å². The minimum absolute atomic E-state index is 0.314. The number of nitrogens with one attached hydrogen (secondary N) is 1. The molecule has 0 aromatic rings. The number of hydrogen-bond acceptors (Lipinski definition) is 2. The number of ether oxygens (including phenoxy) is 1. The minimum atomic E-state index is 0.314. The van der Waals surface area contributed by atoms with Gasteiger partial charge in [-0.15, -0.1) is 0 Å². The summed E-state index contributed by atoms with van der Waals surface area (Å²) in [5.74, 6) is 2.44. The van der Waals surface area contributed by atoms with E-state index in [0.717, 1.165) is 50.7 Å². The molecule has 3 heteroatoms. The Hall–Kier alpha value is -0.570. The largest absolute Gasteiger partial charge is 0.381 e. The van der Waals surface area contributed by atoms with E-state index in [-0.39, 0.29) is 0 Å². The monoisotopic (exact) mass is 209 g/mol. The van der Waals surface area contributed by atoms with Crippen molar-refractivity contribution in [1.29, 1.82) is 0 Å². The maximum atomic E-state index is 11.9. The summed E-state index contributed by atoms with van der Waals surface area (Å²) < 4.78 is 5.28. The van der Waals surface area contributed by atoms with E-state index in [2.05, 4.69) is 5.32 Å². The zero-order valence-electron chi connectivity index (χ0n) is 9.08. The average Bonchev–Trinajstić information content (AvgIpc) is 2.87. The predicted molar refractivity (Wildman–Crippen MR) is 56.3 cm³/mol. The molecule has 3 aliphatic rings. The van der Waals surface area contributed by atoms with Crippen LogP contribution in [0.3, 0.4) is 0 Å². The molecule has 0 aromatic heterocycles. The van der Waals surface area contributed by atoms with Gasteiger partial charge in [0.2, 0.25) is 5.91 Å². The first-order valence-corrected chi connectivity index (χ1v) is 6.21. The van der Waals surface area contributed by atoms with Crippen LogP contribution in [0.2, 0.25) is 0 Å². The van der Waals surface area contributed by atoms with Gasteiger partial charge in [-0.2, -0.15) is 0 Å². The molecule has 2 saturated carbocycles. The van der Waals surface area contributed by atoms with E-state index in [1.54, 1.807) is 0 Å². The van der Waals surface area contributed by atoms with Crippen LogP contribution in [0.25, 0.3) is 0 Å². The second-order valence-corrected chi connectivity index (χ2v) is 5.32. The lowest BCUT2D eigenvalue weighted by atomic mass is 10.0. The molecule has 1 N–H and O–H groups in total. The van der Waals surface area contributed by atoms with Gasteiger partial charge in [-0.3, -0.25) is 4.79 Å². The Morgan fingerprint density at radius 2 is 1.73 bits per heavy atom. The van der Waals surface area contributed by atoms with Gasteiger partial charge in [-0.05, 0) is 43.9 Å². The molecule has 3 rings (SSSR count). The van der Waals surface area contributed by atoms with Crippen LogP contribution >= 0.6 is 0 Å². The number of carbonyl (C=O) groups is 1. The van der Waals surface area contributed by atoms with Crippen LogP contribution in [-0.4, -0.2) is 25.2 Å². The zero-order chi connectivity index (χ0) is 10.3. The lowest BCUT2D eigenvalue weighted by Gasteiger charge is -2.24. The smallest absolute Gasteiger partial charge is 0.223 e. The first-order chi connectivity index (χ1) is 7.33. The van der Waals surface area contributed by atoms with Gasteiger partial charge in [0.15, 0.2) is 0 Å². The number of rotatable bonds is 2. The van der Waals surface area contributed by atoms with Crippen LogP contribution < -0.4 is 5.32 Å². The van der Waals surface area contributed by atoms with Gasteiger partial charge in [0, 0.05) is 25.2 Å². The Balaban J connectivity index is 1.47. The second-order valence-electron chi connectivity index (χ2n) is 5.32. The van der Waals surface area contributed by atoms with Crippen molar-refractivity contribution >= 4 is 5.91 Å². The molecule has 1 saturated heterocycles. The molecule has 1 aliphatic heterocycles. The molecule has 3 nitrogen and oxygen atoms in total. The molecule has 0 spiro atoms. The highest BCUT2D eigenvalue weighted by Crippen LogP contribution is 2.54. The van der Waals surface area contributed by atoms with Gasteiger partial charge in [0.25, 0.3) is 0 Å². The Labute approximate surface area is 90.6 Å². The summed E-state index contributed by atoms with van der Waals surface area (Å²) in [6, 6.07) is 0.378. The summed E-state index contributed by atoms with van der Waals surface area (Å²) in [7, 11) is 0. The maximum Gasteiger partial charge on any atom is 0.223 e. The summed E-state index contributed by atoms with van der Waals surface area (Å²) in [4.78, 5) is 11.9. The minimum Gasteiger partial charge on any atom is -0.381 e. The SMILES string of the molecule is O=C(NC1CCOCC1)C1CC2CC2C1. The van der Waals surface area contributed by atoms with Crippen molar-refractivity contribution in [2.45, 2.75) is 38.1 Å². The summed E-state index contributed by atoms with van der Waals surface area (Å²) in [5.41, 5.74) is 0. The summed E-state index contributed by atoms with van der Waals surface area (Å²) in [5, 5.41) is 3.18. The van der Waals surface area contributed by atoms with Crippen LogP contribution in [0.5, 0.6) is 0 Å². The van der Waals surface area contributed by atoms with Gasteiger partial charge in [0.1, 0.15) is 0 Å². The fraction of sp³-hybridized carbons (Fsp3) is 0.917. The van der Waals surface area contributed by atoms with Crippen LogP contribution in [-0.2, 0) is 9.53 Å². The van der Waals surface area contributed by atoms with E-state index in [0.29, 0.717) is 17.9 Å². The molecule has 0 aromatic carbocycles. The third-order valence-electron chi connectivity index (χ3n) is 4.18. The highest BCUT2D eigenvalue weighted by atomic mass is 16.5. The van der Waals surface area contributed by atoms with Crippen LogP contribution in [0.1, 0.15) is 32.1 Å². The summed E-state index contributed by atoms with van der Waals surface area (Å²) >= 11 is 0. The first kappa shape index (κ1) is 9.64. The summed E-state index contributed by atoms with van der Waals surface area (Å²) in [6.45, 7) is 1.61. The van der Waals surface area contributed by atoms with Crippen molar-refractivity contribution in [3.05, 3.63) is 0 Å². The number of amides is 1. The highest BCUT2D eigenvalue weighted by molar-refractivity contribution is 5.79. The molecule has 84 valence electrons. The molecule has 2 atom stereocenters. The molecule has 1 heterocycles. The van der Waals surface area contributed by atoms with Gasteiger partial charge < -0.3 is 10.1 Å². The number of fused-ring (bicyclic) bond motifs is 1. The van der Waals surface area contributed by atoms with Crippen molar-refractivity contribution in [3.63, 3.8) is 0 Å². The van der Waals surface area contributed by atoms with E-state index < -0.39 is 0 Å². The van der Waals surface area contributed by atoms with Crippen molar-refractivity contribution in [3.8, 4) is 0 Å². The maximum absolute atomic E-state index is 11.9. The highest BCUT2D eigenvalue weighted by Gasteiger charge is 2.48. The molecule has 2 aliphatic carbocycles. The standard InChI is InChI=1S/C12H19NO2/c14-12(10-6-8-5-9(8)7-10)13-11-1-3-15-4-2-11/h8-11H,1-7H2,(H,13,14). The zero-order valence-corrected chi connectivity index (χ0v) is 9.08. The Bertz CT molecular complexity index is 250. The third-order valence-corrected chi connectivity index (χ3v) is 4.18. The third kappa shape index (κ3) is 2.03. The van der Waals surface area contributed by atoms with E-state index >= 15 is 0 Å². The fourth-order valence-electron chi connectivity index (χ4n) is 3.09. The quantitative estimate of drug-likeness (QED) is 0.745. The lowest BCUT2D eigenvalue weighted by Crippen LogP contribution is -2.41. The Kier molecular flexibility index (Phi) is 2.43. The molecule has 0 radical (unpaired) electrons. The molecule has 15 heavy (non-hydrogen) atoms. The normalized spacial score (nSPS) is 39.9. The molecule has 1 amide bonds. The Morgan fingerprint density at radius 3 is 2.40 bits per heavy atom. The molecule has 0 bridgehead atoms. The average molecular weight is 209 g/mol. The van der Waals surface area contributed by atoms with Crippen LogP contribution in [0.15, 0.2) is 0 Å². The van der Waals surface area contributed by atoms with Gasteiger partial charge >= 0.3 is 0 Å². The molecule has 2 unspecified atom stereocenters.